The number of rotatable bonds is 1. The number of hydrogen-bond donors (Lipinski definition) is 0. The molecule has 0 saturated heterocycles. The fraction of sp³-hybridized carbons (Fsp3) is 0.929. The lowest BCUT2D eigenvalue weighted by Crippen LogP contribution is -2.32. The van der Waals surface area contributed by atoms with Crippen LogP contribution in [0.3, 0.4) is 0 Å². The van der Waals surface area contributed by atoms with Gasteiger partial charge in [-0.05, 0) is 54.8 Å². The first-order chi connectivity index (χ1) is 7.58. The summed E-state index contributed by atoms with van der Waals surface area (Å²) in [7, 11) is 0. The topological polar surface area (TPSA) is 26.3 Å². The lowest BCUT2D eigenvalue weighted by molar-refractivity contribution is -0.150. The van der Waals surface area contributed by atoms with E-state index in [1.165, 1.54) is 12.8 Å². The highest BCUT2D eigenvalue weighted by molar-refractivity contribution is 5.66. The smallest absolute Gasteiger partial charge is 0.302 e. The number of esters is 1. The molecule has 2 heteroatoms. The van der Waals surface area contributed by atoms with E-state index in [1.807, 2.05) is 0 Å². The van der Waals surface area contributed by atoms with Crippen LogP contribution in [0.15, 0.2) is 0 Å². The molecule has 2 bridgehead atoms. The Kier molecular flexibility index (Phi) is 2.31. The first-order valence-corrected chi connectivity index (χ1v) is 6.75. The first kappa shape index (κ1) is 10.6. The van der Waals surface area contributed by atoms with Gasteiger partial charge < -0.3 is 4.74 Å². The second kappa shape index (κ2) is 3.48. The Morgan fingerprint density at radius 1 is 1.12 bits per heavy atom. The van der Waals surface area contributed by atoms with E-state index in [2.05, 4.69) is 13.8 Å². The zero-order valence-electron chi connectivity index (χ0n) is 10.5. The van der Waals surface area contributed by atoms with Crippen LogP contribution in [-0.4, -0.2) is 12.1 Å². The first-order valence-electron chi connectivity index (χ1n) is 6.75. The Bertz CT molecular complexity index is 312. The largest absolute Gasteiger partial charge is 0.462 e. The molecule has 0 spiro atoms. The Hall–Kier alpha value is -0.530. The lowest BCUT2D eigenvalue weighted by Gasteiger charge is -2.32. The maximum atomic E-state index is 11.1. The van der Waals surface area contributed by atoms with Gasteiger partial charge in [0.15, 0.2) is 0 Å². The molecule has 0 aliphatic heterocycles. The third-order valence-corrected chi connectivity index (χ3v) is 5.64. The van der Waals surface area contributed by atoms with Gasteiger partial charge in [-0.3, -0.25) is 4.79 Å². The Labute approximate surface area is 97.7 Å². The highest BCUT2D eigenvalue weighted by Gasteiger charge is 2.58. The summed E-state index contributed by atoms with van der Waals surface area (Å²) in [6, 6.07) is 0. The minimum absolute atomic E-state index is 0.0896. The SMILES string of the molecule is CC(=O)OC1CC2CC1C1CC(C)C(C)C21. The van der Waals surface area contributed by atoms with E-state index in [9.17, 15) is 4.79 Å². The molecule has 0 amide bonds. The Morgan fingerprint density at radius 3 is 2.56 bits per heavy atom. The Balaban J connectivity index is 1.76. The lowest BCUT2D eigenvalue weighted by atomic mass is 9.77. The summed E-state index contributed by atoms with van der Waals surface area (Å²) < 4.78 is 5.48. The highest BCUT2D eigenvalue weighted by Crippen LogP contribution is 2.62. The molecular formula is C14H22O2. The molecule has 3 fully saturated rings. The van der Waals surface area contributed by atoms with E-state index in [1.54, 1.807) is 6.92 Å². The average Bonchev–Trinajstić information content (AvgIpc) is 2.79. The van der Waals surface area contributed by atoms with Crippen molar-refractivity contribution >= 4 is 5.97 Å². The molecule has 90 valence electrons. The highest BCUT2D eigenvalue weighted by atomic mass is 16.5. The van der Waals surface area contributed by atoms with Crippen molar-refractivity contribution in [3.05, 3.63) is 0 Å². The third-order valence-electron chi connectivity index (χ3n) is 5.64. The number of hydrogen-bond acceptors (Lipinski definition) is 2. The van der Waals surface area contributed by atoms with Crippen LogP contribution in [0.4, 0.5) is 0 Å². The molecule has 0 N–H and O–H groups in total. The van der Waals surface area contributed by atoms with Crippen LogP contribution in [0.1, 0.15) is 40.0 Å². The molecule has 3 aliphatic carbocycles. The van der Waals surface area contributed by atoms with E-state index in [0.717, 1.165) is 36.0 Å². The predicted molar refractivity (Wildman–Crippen MR) is 61.7 cm³/mol. The summed E-state index contributed by atoms with van der Waals surface area (Å²) in [6.45, 7) is 6.36. The number of ether oxygens (including phenoxy) is 1. The van der Waals surface area contributed by atoms with Gasteiger partial charge in [-0.2, -0.15) is 0 Å². The fourth-order valence-corrected chi connectivity index (χ4v) is 4.99. The van der Waals surface area contributed by atoms with Crippen molar-refractivity contribution in [2.75, 3.05) is 0 Å². The van der Waals surface area contributed by atoms with Crippen molar-refractivity contribution in [2.45, 2.75) is 46.1 Å². The van der Waals surface area contributed by atoms with Gasteiger partial charge in [-0.25, -0.2) is 0 Å². The number of fused-ring (bicyclic) bond motifs is 5. The molecular weight excluding hydrogens is 200 g/mol. The van der Waals surface area contributed by atoms with Crippen LogP contribution in [0.2, 0.25) is 0 Å². The quantitative estimate of drug-likeness (QED) is 0.638. The molecule has 3 rings (SSSR count). The minimum atomic E-state index is -0.0896. The molecule has 0 aromatic rings. The van der Waals surface area contributed by atoms with Crippen LogP contribution < -0.4 is 0 Å². The van der Waals surface area contributed by atoms with E-state index >= 15 is 0 Å². The summed E-state index contributed by atoms with van der Waals surface area (Å²) >= 11 is 0. The van der Waals surface area contributed by atoms with Crippen LogP contribution in [-0.2, 0) is 9.53 Å². The van der Waals surface area contributed by atoms with Gasteiger partial charge >= 0.3 is 5.97 Å². The van der Waals surface area contributed by atoms with Crippen molar-refractivity contribution in [3.8, 4) is 0 Å². The molecule has 3 aliphatic rings. The van der Waals surface area contributed by atoms with Crippen molar-refractivity contribution in [1.29, 1.82) is 0 Å². The van der Waals surface area contributed by atoms with Gasteiger partial charge in [0.2, 0.25) is 0 Å². The zero-order valence-corrected chi connectivity index (χ0v) is 10.5. The second-order valence-corrected chi connectivity index (χ2v) is 6.36. The molecule has 2 nitrogen and oxygen atoms in total. The summed E-state index contributed by atoms with van der Waals surface area (Å²) in [4.78, 5) is 11.1. The van der Waals surface area contributed by atoms with Gasteiger partial charge in [0.1, 0.15) is 6.10 Å². The maximum Gasteiger partial charge on any atom is 0.302 e. The van der Waals surface area contributed by atoms with Gasteiger partial charge in [-0.15, -0.1) is 0 Å². The van der Waals surface area contributed by atoms with Gasteiger partial charge in [0, 0.05) is 6.92 Å². The summed E-state index contributed by atoms with van der Waals surface area (Å²) in [5.41, 5.74) is 0. The number of carbonyl (C=O) groups is 1. The zero-order chi connectivity index (χ0) is 11.4. The molecule has 0 heterocycles. The van der Waals surface area contributed by atoms with Crippen LogP contribution >= 0.6 is 0 Å². The molecule has 0 radical (unpaired) electrons. The van der Waals surface area contributed by atoms with E-state index in [0.29, 0.717) is 5.92 Å². The Morgan fingerprint density at radius 2 is 1.88 bits per heavy atom. The van der Waals surface area contributed by atoms with Gasteiger partial charge in [-0.1, -0.05) is 13.8 Å². The molecule has 0 aromatic heterocycles. The molecule has 16 heavy (non-hydrogen) atoms. The fourth-order valence-electron chi connectivity index (χ4n) is 4.99. The maximum absolute atomic E-state index is 11.1. The summed E-state index contributed by atoms with van der Waals surface area (Å²) in [6.07, 6.45) is 4.08. The second-order valence-electron chi connectivity index (χ2n) is 6.36. The van der Waals surface area contributed by atoms with Crippen molar-refractivity contribution in [1.82, 2.24) is 0 Å². The van der Waals surface area contributed by atoms with E-state index in [-0.39, 0.29) is 12.1 Å². The molecule has 7 unspecified atom stereocenters. The monoisotopic (exact) mass is 222 g/mol. The van der Waals surface area contributed by atoms with E-state index in [4.69, 9.17) is 4.74 Å². The van der Waals surface area contributed by atoms with Crippen molar-refractivity contribution in [3.63, 3.8) is 0 Å². The third kappa shape index (κ3) is 1.34. The normalized spacial score (nSPS) is 54.1. The predicted octanol–water partition coefficient (Wildman–Crippen LogP) is 2.87. The van der Waals surface area contributed by atoms with Gasteiger partial charge in [0.25, 0.3) is 0 Å². The van der Waals surface area contributed by atoms with Crippen molar-refractivity contribution in [2.24, 2.45) is 35.5 Å². The molecule has 0 aromatic carbocycles. The van der Waals surface area contributed by atoms with Crippen LogP contribution in [0.25, 0.3) is 0 Å². The average molecular weight is 222 g/mol. The van der Waals surface area contributed by atoms with E-state index < -0.39 is 0 Å². The molecule has 3 saturated carbocycles. The standard InChI is InChI=1S/C14H22O2/c1-7-4-12-11-5-10(14(12)8(7)2)6-13(11)16-9(3)15/h7-8,10-14H,4-6H2,1-3H3. The minimum Gasteiger partial charge on any atom is -0.462 e. The number of carbonyl (C=O) groups excluding carboxylic acids is 1. The van der Waals surface area contributed by atoms with Crippen molar-refractivity contribution < 1.29 is 9.53 Å². The summed E-state index contributed by atoms with van der Waals surface area (Å²) in [5, 5.41) is 0. The van der Waals surface area contributed by atoms with Gasteiger partial charge in [0.05, 0.1) is 0 Å². The summed E-state index contributed by atoms with van der Waals surface area (Å²) in [5.74, 6) is 4.99. The van der Waals surface area contributed by atoms with Crippen LogP contribution in [0, 0.1) is 35.5 Å². The van der Waals surface area contributed by atoms with Crippen LogP contribution in [0.5, 0.6) is 0 Å². The molecule has 7 atom stereocenters.